The van der Waals surface area contributed by atoms with Crippen molar-refractivity contribution in [1.82, 2.24) is 9.97 Å². The molecule has 0 fully saturated rings. The number of amides is 1. The van der Waals surface area contributed by atoms with Gasteiger partial charge in [0, 0.05) is 28.4 Å². The van der Waals surface area contributed by atoms with Crippen molar-refractivity contribution >= 4 is 51.6 Å². The maximum atomic E-state index is 13.7. The summed E-state index contributed by atoms with van der Waals surface area (Å²) in [4.78, 5) is 38.5. The molecule has 2 aromatic heterocycles. The van der Waals surface area contributed by atoms with Crippen LogP contribution in [0.3, 0.4) is 0 Å². The van der Waals surface area contributed by atoms with Crippen LogP contribution >= 0.6 is 23.1 Å². The Kier molecular flexibility index (Phi) is 8.95. The highest BCUT2D eigenvalue weighted by Gasteiger charge is 2.34. The van der Waals surface area contributed by atoms with Crippen molar-refractivity contribution in [3.05, 3.63) is 122 Å². The third-order valence-electron chi connectivity index (χ3n) is 7.19. The number of nitro benzene ring substituents is 1. The fraction of sp³-hybridized carbons (Fsp3) is 0.152. The topological polar surface area (TPSA) is 110 Å². The summed E-state index contributed by atoms with van der Waals surface area (Å²) in [5.41, 5.74) is 1.51. The van der Waals surface area contributed by atoms with Crippen molar-refractivity contribution in [1.29, 1.82) is 0 Å². The first kappa shape index (κ1) is 31.1. The van der Waals surface area contributed by atoms with Gasteiger partial charge in [-0.2, -0.15) is 13.2 Å². The number of halogens is 3. The van der Waals surface area contributed by atoms with Gasteiger partial charge < -0.3 is 5.32 Å². The Bertz CT molecular complexity index is 1950. The number of aromatic nitrogens is 2. The predicted molar refractivity (Wildman–Crippen MR) is 172 cm³/mol. The lowest BCUT2D eigenvalue weighted by Gasteiger charge is -2.12. The summed E-state index contributed by atoms with van der Waals surface area (Å²) < 4.78 is 41.1. The minimum Gasteiger partial charge on any atom is -0.322 e. The molecule has 3 aromatic carbocycles. The monoisotopic (exact) mass is 659 g/mol. The number of anilines is 1. The minimum absolute atomic E-state index is 0.0441. The maximum Gasteiger partial charge on any atom is 0.433 e. The second-order valence-electron chi connectivity index (χ2n) is 10.3. The number of carbonyl (C=O) groups is 1. The third-order valence-corrected chi connectivity index (χ3v) is 9.32. The summed E-state index contributed by atoms with van der Waals surface area (Å²) in [6, 6.07) is 22.6. The van der Waals surface area contributed by atoms with Crippen LogP contribution in [0.5, 0.6) is 0 Å². The number of hydrogen-bond acceptors (Lipinski definition) is 8. The number of nitrogens with zero attached hydrogens (tertiary/aromatic N) is 4. The van der Waals surface area contributed by atoms with Crippen LogP contribution < -0.4 is 5.32 Å². The van der Waals surface area contributed by atoms with E-state index in [1.54, 1.807) is 48.5 Å². The lowest BCUT2D eigenvalue weighted by Crippen LogP contribution is -2.14. The van der Waals surface area contributed by atoms with Gasteiger partial charge in [-0.05, 0) is 72.8 Å². The number of rotatable bonds is 8. The van der Waals surface area contributed by atoms with Crippen LogP contribution in [0.2, 0.25) is 0 Å². The molecule has 0 radical (unpaired) electrons. The molecule has 6 rings (SSSR count). The van der Waals surface area contributed by atoms with E-state index in [4.69, 9.17) is 0 Å². The number of nitro groups is 1. The largest absolute Gasteiger partial charge is 0.433 e. The van der Waals surface area contributed by atoms with Crippen molar-refractivity contribution < 1.29 is 22.9 Å². The molecule has 0 saturated carbocycles. The van der Waals surface area contributed by atoms with E-state index in [2.05, 4.69) is 20.3 Å². The summed E-state index contributed by atoms with van der Waals surface area (Å²) in [7, 11) is 0. The summed E-state index contributed by atoms with van der Waals surface area (Å²) >= 11 is 2.10. The molecule has 1 N–H and O–H groups in total. The number of thiophene rings is 1. The van der Waals surface area contributed by atoms with Crippen LogP contribution in [0.1, 0.15) is 44.9 Å². The molecule has 46 heavy (non-hydrogen) atoms. The van der Waals surface area contributed by atoms with E-state index in [1.807, 2.05) is 18.2 Å². The van der Waals surface area contributed by atoms with Gasteiger partial charge in [0.05, 0.1) is 21.1 Å². The Hall–Kier alpha value is -4.88. The SMILES string of the molecule is O=C(Nc1ccccc1)c1c(/N=C/c2ccc(Sc3nc(-c4ccccc4)cc(C(F)(F)F)n3)c([N+](=O)[O-])c2)sc2c1CCCC2. The van der Waals surface area contributed by atoms with Crippen LogP contribution in [0.25, 0.3) is 11.3 Å². The molecule has 0 aliphatic heterocycles. The summed E-state index contributed by atoms with van der Waals surface area (Å²) in [5.74, 6) is -0.272. The Balaban J connectivity index is 1.31. The summed E-state index contributed by atoms with van der Waals surface area (Å²) in [6.45, 7) is 0. The van der Waals surface area contributed by atoms with Crippen molar-refractivity contribution in [2.75, 3.05) is 5.32 Å². The van der Waals surface area contributed by atoms with Crippen molar-refractivity contribution in [3.63, 3.8) is 0 Å². The fourth-order valence-corrected chi connectivity index (χ4v) is 7.13. The van der Waals surface area contributed by atoms with Gasteiger partial charge in [0.2, 0.25) is 0 Å². The molecule has 2 heterocycles. The molecule has 8 nitrogen and oxygen atoms in total. The first-order valence-electron chi connectivity index (χ1n) is 14.2. The number of para-hydroxylation sites is 1. The highest BCUT2D eigenvalue weighted by Crippen LogP contribution is 2.41. The average Bonchev–Trinajstić information content (AvgIpc) is 3.43. The van der Waals surface area contributed by atoms with Crippen LogP contribution in [-0.2, 0) is 19.0 Å². The highest BCUT2D eigenvalue weighted by molar-refractivity contribution is 7.99. The lowest BCUT2D eigenvalue weighted by atomic mass is 9.95. The molecule has 1 aliphatic rings. The van der Waals surface area contributed by atoms with E-state index in [9.17, 15) is 28.1 Å². The van der Waals surface area contributed by atoms with Gasteiger partial charge in [-0.15, -0.1) is 11.3 Å². The molecule has 0 unspecified atom stereocenters. The molecule has 13 heteroatoms. The zero-order valence-corrected chi connectivity index (χ0v) is 25.6. The molecular formula is C33H24F3N5O3S2. The minimum atomic E-state index is -4.74. The van der Waals surface area contributed by atoms with E-state index < -0.39 is 16.8 Å². The fourth-order valence-electron chi connectivity index (χ4n) is 5.04. The molecular weight excluding hydrogens is 636 g/mol. The zero-order valence-electron chi connectivity index (χ0n) is 24.0. The molecule has 0 saturated heterocycles. The number of carbonyl (C=O) groups excluding carboxylic acids is 1. The van der Waals surface area contributed by atoms with Crippen LogP contribution in [0, 0.1) is 10.1 Å². The quantitative estimate of drug-likeness (QED) is 0.0770. The van der Waals surface area contributed by atoms with Gasteiger partial charge >= 0.3 is 6.18 Å². The molecule has 1 aliphatic carbocycles. The lowest BCUT2D eigenvalue weighted by molar-refractivity contribution is -0.387. The van der Waals surface area contributed by atoms with Gasteiger partial charge in [0.25, 0.3) is 11.6 Å². The molecule has 0 spiro atoms. The van der Waals surface area contributed by atoms with E-state index in [0.29, 0.717) is 39.1 Å². The van der Waals surface area contributed by atoms with E-state index >= 15 is 0 Å². The molecule has 232 valence electrons. The summed E-state index contributed by atoms with van der Waals surface area (Å²) in [6.07, 6.45) is 0.302. The van der Waals surface area contributed by atoms with Crippen molar-refractivity contribution in [3.8, 4) is 11.3 Å². The number of benzene rings is 3. The molecule has 5 aromatic rings. The number of nitrogens with one attached hydrogen (secondary N) is 1. The third kappa shape index (κ3) is 7.00. The standard InChI is InChI=1S/C33H24F3N5O3S2/c34-33(35,36)28-18-24(21-9-3-1-4-10-21)39-32(40-28)46-27-16-15-20(17-25(27)41(43)44)19-37-31-29(23-13-7-8-14-26(23)45-31)30(42)38-22-11-5-2-6-12-22/h1-6,9-12,15-19H,7-8,13-14H2,(H,38,42)/b37-19+. The van der Waals surface area contributed by atoms with E-state index in [-0.39, 0.29) is 27.3 Å². The van der Waals surface area contributed by atoms with E-state index in [0.717, 1.165) is 42.2 Å². The Morgan fingerprint density at radius 3 is 2.41 bits per heavy atom. The van der Waals surface area contributed by atoms with Gasteiger partial charge in [0.1, 0.15) is 10.7 Å². The first-order chi connectivity index (χ1) is 22.2. The first-order valence-corrected chi connectivity index (χ1v) is 15.8. The second kappa shape index (κ2) is 13.2. The maximum absolute atomic E-state index is 13.7. The van der Waals surface area contributed by atoms with Crippen molar-refractivity contribution in [2.24, 2.45) is 4.99 Å². The number of aliphatic imine (C=N–C) groups is 1. The Morgan fingerprint density at radius 2 is 1.70 bits per heavy atom. The molecule has 0 bridgehead atoms. The van der Waals surface area contributed by atoms with Gasteiger partial charge in [-0.3, -0.25) is 14.9 Å². The van der Waals surface area contributed by atoms with E-state index in [1.165, 1.54) is 29.7 Å². The normalized spacial score (nSPS) is 13.0. The average molecular weight is 660 g/mol. The van der Waals surface area contributed by atoms with Gasteiger partial charge in [-0.25, -0.2) is 15.0 Å². The zero-order chi connectivity index (χ0) is 32.3. The number of aryl methyl sites for hydroxylation is 1. The van der Waals surface area contributed by atoms with Crippen LogP contribution in [0.4, 0.5) is 29.5 Å². The molecule has 1 amide bonds. The van der Waals surface area contributed by atoms with Crippen LogP contribution in [-0.4, -0.2) is 27.0 Å². The number of hydrogen-bond donors (Lipinski definition) is 1. The van der Waals surface area contributed by atoms with Crippen molar-refractivity contribution in [2.45, 2.75) is 41.9 Å². The van der Waals surface area contributed by atoms with Crippen LogP contribution in [0.15, 0.2) is 100.0 Å². The van der Waals surface area contributed by atoms with Gasteiger partial charge in [0.15, 0.2) is 5.16 Å². The number of fused-ring (bicyclic) bond motifs is 1. The Morgan fingerprint density at radius 1 is 0.978 bits per heavy atom. The Labute approximate surface area is 269 Å². The molecule has 0 atom stereocenters. The predicted octanol–water partition coefficient (Wildman–Crippen LogP) is 9.16. The number of alkyl halides is 3. The second-order valence-corrected chi connectivity index (χ2v) is 12.4. The smallest absolute Gasteiger partial charge is 0.322 e. The summed E-state index contributed by atoms with van der Waals surface area (Å²) in [5, 5.41) is 15.2. The highest BCUT2D eigenvalue weighted by atomic mass is 32.2. The van der Waals surface area contributed by atoms with Gasteiger partial charge in [-0.1, -0.05) is 54.6 Å².